The molecule has 5 heteroatoms. The number of aryl methyl sites for hydroxylation is 3. The molecule has 0 bridgehead atoms. The van der Waals surface area contributed by atoms with Crippen LogP contribution in [0.15, 0.2) is 12.1 Å². The lowest BCUT2D eigenvalue weighted by molar-refractivity contribution is -0.125. The van der Waals surface area contributed by atoms with Gasteiger partial charge in [-0.15, -0.1) is 0 Å². The van der Waals surface area contributed by atoms with E-state index in [0.717, 1.165) is 16.8 Å². The summed E-state index contributed by atoms with van der Waals surface area (Å²) < 4.78 is 0. The van der Waals surface area contributed by atoms with E-state index in [9.17, 15) is 9.59 Å². The van der Waals surface area contributed by atoms with Gasteiger partial charge in [0, 0.05) is 12.2 Å². The van der Waals surface area contributed by atoms with Crippen molar-refractivity contribution in [2.75, 3.05) is 11.4 Å². The molecule has 1 N–H and O–H groups in total. The number of benzene rings is 1. The maximum Gasteiger partial charge on any atom is 0.249 e. The number of nitrogens with zero attached hydrogens (tertiary/aromatic N) is 2. The van der Waals surface area contributed by atoms with Gasteiger partial charge in [0.25, 0.3) is 0 Å². The standard InChI is InChI=1S/C16H19N3O2/c1-10-8-11(2)15(12(3)9-10)19-7-5-13(16(19)21)18-14(20)4-6-17/h8-9,13H,4-5,7H2,1-3H3,(H,18,20)/t13-/m1/s1. The van der Waals surface area contributed by atoms with Crippen LogP contribution in [0.25, 0.3) is 0 Å². The fourth-order valence-corrected chi connectivity index (χ4v) is 2.95. The molecule has 1 saturated heterocycles. The van der Waals surface area contributed by atoms with Crippen molar-refractivity contribution in [2.45, 2.75) is 39.7 Å². The first-order valence-electron chi connectivity index (χ1n) is 6.99. The molecule has 21 heavy (non-hydrogen) atoms. The van der Waals surface area contributed by atoms with Crippen LogP contribution < -0.4 is 10.2 Å². The minimum absolute atomic E-state index is 0.101. The molecule has 0 radical (unpaired) electrons. The monoisotopic (exact) mass is 285 g/mol. The minimum Gasteiger partial charge on any atom is -0.343 e. The van der Waals surface area contributed by atoms with Crippen LogP contribution in [0.4, 0.5) is 5.69 Å². The van der Waals surface area contributed by atoms with Crippen molar-refractivity contribution in [2.24, 2.45) is 0 Å². The van der Waals surface area contributed by atoms with Crippen molar-refractivity contribution < 1.29 is 9.59 Å². The number of rotatable bonds is 3. The zero-order chi connectivity index (χ0) is 15.6. The van der Waals surface area contributed by atoms with Gasteiger partial charge in [-0.25, -0.2) is 0 Å². The molecule has 0 saturated carbocycles. The Balaban J connectivity index is 2.19. The maximum absolute atomic E-state index is 12.5. The predicted molar refractivity (Wildman–Crippen MR) is 79.8 cm³/mol. The largest absolute Gasteiger partial charge is 0.343 e. The second-order valence-corrected chi connectivity index (χ2v) is 5.48. The smallest absolute Gasteiger partial charge is 0.249 e. The van der Waals surface area contributed by atoms with Gasteiger partial charge in [-0.1, -0.05) is 17.7 Å². The Kier molecular flexibility index (Phi) is 4.27. The lowest BCUT2D eigenvalue weighted by atomic mass is 10.0. The summed E-state index contributed by atoms with van der Waals surface area (Å²) in [5, 5.41) is 11.1. The van der Waals surface area contributed by atoms with Gasteiger partial charge in [0.05, 0.1) is 6.07 Å². The Hall–Kier alpha value is -2.35. The van der Waals surface area contributed by atoms with Gasteiger partial charge in [-0.3, -0.25) is 9.59 Å². The van der Waals surface area contributed by atoms with Crippen LogP contribution in [-0.4, -0.2) is 24.4 Å². The topological polar surface area (TPSA) is 73.2 Å². The third-order valence-electron chi connectivity index (χ3n) is 3.69. The molecule has 1 aliphatic rings. The summed E-state index contributed by atoms with van der Waals surface area (Å²) in [6.07, 6.45) is 0.356. The van der Waals surface area contributed by atoms with Crippen molar-refractivity contribution in [3.63, 3.8) is 0 Å². The van der Waals surface area contributed by atoms with Gasteiger partial charge < -0.3 is 10.2 Å². The van der Waals surface area contributed by atoms with Gasteiger partial charge in [0.1, 0.15) is 12.5 Å². The van der Waals surface area contributed by atoms with E-state index in [4.69, 9.17) is 5.26 Å². The van der Waals surface area contributed by atoms with Crippen LogP contribution in [0.3, 0.4) is 0 Å². The van der Waals surface area contributed by atoms with Crippen molar-refractivity contribution in [3.8, 4) is 6.07 Å². The van der Waals surface area contributed by atoms with Gasteiger partial charge in [-0.05, 0) is 38.3 Å². The van der Waals surface area contributed by atoms with E-state index in [-0.39, 0.29) is 12.3 Å². The molecule has 1 aromatic rings. The van der Waals surface area contributed by atoms with Crippen molar-refractivity contribution in [1.82, 2.24) is 5.32 Å². The van der Waals surface area contributed by atoms with Crippen LogP contribution >= 0.6 is 0 Å². The Bertz CT molecular complexity index is 608. The second-order valence-electron chi connectivity index (χ2n) is 5.48. The molecule has 1 fully saturated rings. The molecule has 1 atom stereocenters. The molecule has 2 amide bonds. The van der Waals surface area contributed by atoms with E-state index in [1.807, 2.05) is 20.8 Å². The molecular weight excluding hydrogens is 266 g/mol. The third kappa shape index (κ3) is 3.05. The van der Waals surface area contributed by atoms with Gasteiger partial charge in [0.2, 0.25) is 11.8 Å². The molecule has 1 aliphatic heterocycles. The molecule has 5 nitrogen and oxygen atoms in total. The third-order valence-corrected chi connectivity index (χ3v) is 3.69. The molecule has 2 rings (SSSR count). The van der Waals surface area contributed by atoms with Crippen LogP contribution in [0.1, 0.15) is 29.5 Å². The predicted octanol–water partition coefficient (Wildman–Crippen LogP) is 1.75. The summed E-state index contributed by atoms with van der Waals surface area (Å²) in [6.45, 7) is 6.59. The van der Waals surface area contributed by atoms with E-state index in [2.05, 4.69) is 17.4 Å². The number of carbonyl (C=O) groups excluding carboxylic acids is 2. The number of nitrogens with one attached hydrogen (secondary N) is 1. The number of anilines is 1. The van der Waals surface area contributed by atoms with E-state index >= 15 is 0 Å². The summed E-state index contributed by atoms with van der Waals surface area (Å²) >= 11 is 0. The number of hydrogen-bond donors (Lipinski definition) is 1. The van der Waals surface area contributed by atoms with Crippen molar-refractivity contribution in [1.29, 1.82) is 5.26 Å². The van der Waals surface area contributed by atoms with Crippen LogP contribution in [0, 0.1) is 32.1 Å². The molecule has 0 aromatic heterocycles. The fraction of sp³-hybridized carbons (Fsp3) is 0.438. The number of hydrogen-bond acceptors (Lipinski definition) is 3. The number of carbonyl (C=O) groups is 2. The summed E-state index contributed by atoms with van der Waals surface area (Å²) in [6, 6.07) is 5.37. The van der Waals surface area contributed by atoms with E-state index in [0.29, 0.717) is 13.0 Å². The van der Waals surface area contributed by atoms with Crippen molar-refractivity contribution >= 4 is 17.5 Å². The molecule has 0 unspecified atom stereocenters. The van der Waals surface area contributed by atoms with Crippen LogP contribution in [0.5, 0.6) is 0 Å². The van der Waals surface area contributed by atoms with E-state index < -0.39 is 11.9 Å². The first-order valence-corrected chi connectivity index (χ1v) is 6.99. The average molecular weight is 285 g/mol. The first kappa shape index (κ1) is 15.0. The Morgan fingerprint density at radius 2 is 2.00 bits per heavy atom. The Morgan fingerprint density at radius 1 is 1.38 bits per heavy atom. The highest BCUT2D eigenvalue weighted by Gasteiger charge is 2.34. The maximum atomic E-state index is 12.5. The highest BCUT2D eigenvalue weighted by atomic mass is 16.2. The lowest BCUT2D eigenvalue weighted by Gasteiger charge is -2.22. The molecule has 110 valence electrons. The molecular formula is C16H19N3O2. The second kappa shape index (κ2) is 5.96. The van der Waals surface area contributed by atoms with E-state index in [1.54, 1.807) is 11.0 Å². The summed E-state index contributed by atoms with van der Waals surface area (Å²) in [4.78, 5) is 25.7. The molecule has 0 aliphatic carbocycles. The molecule has 1 aromatic carbocycles. The van der Waals surface area contributed by atoms with E-state index in [1.165, 1.54) is 5.56 Å². The minimum atomic E-state index is -0.522. The summed E-state index contributed by atoms with van der Waals surface area (Å²) in [5.74, 6) is -0.494. The Morgan fingerprint density at radius 3 is 2.57 bits per heavy atom. The van der Waals surface area contributed by atoms with Crippen LogP contribution in [-0.2, 0) is 9.59 Å². The van der Waals surface area contributed by atoms with Gasteiger partial charge >= 0.3 is 0 Å². The zero-order valence-corrected chi connectivity index (χ0v) is 12.6. The number of amides is 2. The highest BCUT2D eigenvalue weighted by Crippen LogP contribution is 2.29. The summed E-state index contributed by atoms with van der Waals surface area (Å²) in [7, 11) is 0. The zero-order valence-electron chi connectivity index (χ0n) is 12.6. The Labute approximate surface area is 124 Å². The quantitative estimate of drug-likeness (QED) is 0.919. The average Bonchev–Trinajstić information content (AvgIpc) is 2.71. The van der Waals surface area contributed by atoms with Gasteiger partial charge in [0.15, 0.2) is 0 Å². The van der Waals surface area contributed by atoms with Crippen LogP contribution in [0.2, 0.25) is 0 Å². The number of nitriles is 1. The molecule has 1 heterocycles. The first-order chi connectivity index (χ1) is 9.93. The van der Waals surface area contributed by atoms with Gasteiger partial charge in [-0.2, -0.15) is 5.26 Å². The molecule has 0 spiro atoms. The fourth-order valence-electron chi connectivity index (χ4n) is 2.95. The highest BCUT2D eigenvalue weighted by molar-refractivity contribution is 6.02. The summed E-state index contributed by atoms with van der Waals surface area (Å²) in [5.41, 5.74) is 4.22. The SMILES string of the molecule is Cc1cc(C)c(N2CC[C@@H](NC(=O)CC#N)C2=O)c(C)c1. The van der Waals surface area contributed by atoms with Crippen molar-refractivity contribution in [3.05, 3.63) is 28.8 Å². The lowest BCUT2D eigenvalue weighted by Crippen LogP contribution is -2.41. The normalized spacial score (nSPS) is 17.7.